The lowest BCUT2D eigenvalue weighted by molar-refractivity contribution is -0.114. The van der Waals surface area contributed by atoms with Crippen molar-refractivity contribution in [2.75, 3.05) is 5.32 Å². The van der Waals surface area contributed by atoms with E-state index in [4.69, 9.17) is 0 Å². The number of aliphatic hydroxyl groups excluding tert-OH is 1. The monoisotopic (exact) mass is 243 g/mol. The molecule has 2 N–H and O–H groups in total. The summed E-state index contributed by atoms with van der Waals surface area (Å²) in [5.41, 5.74) is -1.33. The van der Waals surface area contributed by atoms with Crippen LogP contribution in [-0.2, 0) is 14.6 Å². The van der Waals surface area contributed by atoms with Gasteiger partial charge in [0, 0.05) is 6.92 Å². The number of carbonyl (C=O) groups excluding carboxylic acids is 1. The Morgan fingerprint density at radius 3 is 2.44 bits per heavy atom. The lowest BCUT2D eigenvalue weighted by Crippen LogP contribution is -2.19. The molecule has 0 fully saturated rings. The number of anilines is 1. The molecule has 0 aliphatic rings. The Morgan fingerprint density at radius 2 is 1.94 bits per heavy atom. The molecule has 5 nitrogen and oxygen atoms in total. The minimum atomic E-state index is -3.81. The molecule has 0 saturated carbocycles. The molecule has 1 aromatic rings. The van der Waals surface area contributed by atoms with Crippen LogP contribution in [0.4, 0.5) is 5.69 Å². The fourth-order valence-corrected chi connectivity index (χ4v) is 2.25. The van der Waals surface area contributed by atoms with E-state index in [1.807, 2.05) is 0 Å². The van der Waals surface area contributed by atoms with Crippen LogP contribution in [0.5, 0.6) is 0 Å². The highest BCUT2D eigenvalue weighted by molar-refractivity contribution is 7.92. The first kappa shape index (κ1) is 12.7. The molecule has 0 aliphatic heterocycles. The number of nitrogens with one attached hydrogen (secondary N) is 1. The Morgan fingerprint density at radius 1 is 1.38 bits per heavy atom. The molecule has 0 heterocycles. The van der Waals surface area contributed by atoms with E-state index in [1.54, 1.807) is 6.07 Å². The van der Waals surface area contributed by atoms with Gasteiger partial charge in [0.15, 0.2) is 5.44 Å². The molecular formula is C10H13NO4S. The van der Waals surface area contributed by atoms with Crippen LogP contribution < -0.4 is 5.32 Å². The molecule has 0 radical (unpaired) electrons. The predicted molar refractivity (Wildman–Crippen MR) is 59.6 cm³/mol. The third-order valence-corrected chi connectivity index (χ3v) is 3.82. The number of aliphatic hydroxyl groups is 1. The normalized spacial score (nSPS) is 13.2. The second-order valence-electron chi connectivity index (χ2n) is 3.32. The average Bonchev–Trinajstić information content (AvgIpc) is 2.17. The van der Waals surface area contributed by atoms with Gasteiger partial charge >= 0.3 is 0 Å². The smallest absolute Gasteiger partial charge is 0.221 e. The first-order chi connectivity index (χ1) is 7.35. The van der Waals surface area contributed by atoms with E-state index in [2.05, 4.69) is 5.32 Å². The Balaban J connectivity index is 3.29. The lowest BCUT2D eigenvalue weighted by Gasteiger charge is -2.12. The van der Waals surface area contributed by atoms with Crippen molar-refractivity contribution in [2.24, 2.45) is 0 Å². The number of benzene rings is 1. The third kappa shape index (κ3) is 2.59. The van der Waals surface area contributed by atoms with E-state index < -0.39 is 15.3 Å². The van der Waals surface area contributed by atoms with Gasteiger partial charge in [0.25, 0.3) is 0 Å². The van der Waals surface area contributed by atoms with Gasteiger partial charge in [0.1, 0.15) is 0 Å². The molecule has 1 rings (SSSR count). The summed E-state index contributed by atoms with van der Waals surface area (Å²) < 4.78 is 23.5. The fourth-order valence-electron chi connectivity index (χ4n) is 1.19. The standard InChI is InChI=1S/C10H13NO4S/c1-7(12)11-9-5-3-4-6-10(9)16(14,15)8(2)13/h3-6,8,13H,1-2H3,(H,11,12). The van der Waals surface area contributed by atoms with Gasteiger partial charge < -0.3 is 10.4 Å². The summed E-state index contributed by atoms with van der Waals surface area (Å²) >= 11 is 0. The van der Waals surface area contributed by atoms with Crippen molar-refractivity contribution < 1.29 is 18.3 Å². The van der Waals surface area contributed by atoms with Crippen molar-refractivity contribution in [3.05, 3.63) is 24.3 Å². The number of sulfone groups is 1. The van der Waals surface area contributed by atoms with Crippen molar-refractivity contribution in [1.29, 1.82) is 0 Å². The maximum absolute atomic E-state index is 11.7. The number of amides is 1. The van der Waals surface area contributed by atoms with E-state index in [9.17, 15) is 18.3 Å². The minimum absolute atomic E-state index is 0.0831. The maximum atomic E-state index is 11.7. The molecule has 0 bridgehead atoms. The van der Waals surface area contributed by atoms with Crippen LogP contribution in [0.1, 0.15) is 13.8 Å². The summed E-state index contributed by atoms with van der Waals surface area (Å²) in [6, 6.07) is 5.94. The molecule has 1 unspecified atom stereocenters. The zero-order chi connectivity index (χ0) is 12.3. The molecule has 6 heteroatoms. The van der Waals surface area contributed by atoms with Gasteiger partial charge in [-0.15, -0.1) is 0 Å². The number of hydrogen-bond acceptors (Lipinski definition) is 4. The second kappa shape index (κ2) is 4.63. The SMILES string of the molecule is CC(=O)Nc1ccccc1S(=O)(=O)C(C)O. The molecular weight excluding hydrogens is 230 g/mol. The van der Waals surface area contributed by atoms with Gasteiger partial charge in [-0.2, -0.15) is 0 Å². The number of para-hydroxylation sites is 1. The van der Waals surface area contributed by atoms with E-state index >= 15 is 0 Å². The molecule has 0 aromatic heterocycles. The number of rotatable bonds is 3. The van der Waals surface area contributed by atoms with Crippen LogP contribution >= 0.6 is 0 Å². The second-order valence-corrected chi connectivity index (χ2v) is 5.53. The first-order valence-electron chi connectivity index (χ1n) is 4.64. The summed E-state index contributed by atoms with van der Waals surface area (Å²) in [6.07, 6.45) is 0. The van der Waals surface area contributed by atoms with Crippen LogP contribution in [0, 0.1) is 0 Å². The van der Waals surface area contributed by atoms with Gasteiger partial charge in [-0.05, 0) is 19.1 Å². The zero-order valence-corrected chi connectivity index (χ0v) is 9.78. The lowest BCUT2D eigenvalue weighted by atomic mass is 10.3. The molecule has 0 saturated heterocycles. The molecule has 16 heavy (non-hydrogen) atoms. The van der Waals surface area contributed by atoms with Gasteiger partial charge in [-0.1, -0.05) is 12.1 Å². The van der Waals surface area contributed by atoms with E-state index in [-0.39, 0.29) is 16.5 Å². The quantitative estimate of drug-likeness (QED) is 0.820. The average molecular weight is 243 g/mol. The van der Waals surface area contributed by atoms with E-state index in [1.165, 1.54) is 32.0 Å². The van der Waals surface area contributed by atoms with Crippen molar-refractivity contribution in [2.45, 2.75) is 24.2 Å². The molecule has 1 aromatic carbocycles. The molecule has 88 valence electrons. The largest absolute Gasteiger partial charge is 0.377 e. The van der Waals surface area contributed by atoms with E-state index in [0.717, 1.165) is 0 Å². The highest BCUT2D eigenvalue weighted by atomic mass is 32.2. The van der Waals surface area contributed by atoms with Crippen LogP contribution in [0.15, 0.2) is 29.2 Å². The van der Waals surface area contributed by atoms with Gasteiger partial charge in [-0.25, -0.2) is 8.42 Å². The Labute approximate surface area is 94.0 Å². The van der Waals surface area contributed by atoms with Crippen molar-refractivity contribution in [3.63, 3.8) is 0 Å². The van der Waals surface area contributed by atoms with Gasteiger partial charge in [0.05, 0.1) is 10.6 Å². The van der Waals surface area contributed by atoms with Crippen LogP contribution in [0.3, 0.4) is 0 Å². The van der Waals surface area contributed by atoms with Crippen LogP contribution in [0.25, 0.3) is 0 Å². The third-order valence-electron chi connectivity index (χ3n) is 1.95. The van der Waals surface area contributed by atoms with Crippen LogP contribution in [-0.4, -0.2) is 24.9 Å². The summed E-state index contributed by atoms with van der Waals surface area (Å²) in [5, 5.41) is 11.6. The zero-order valence-electron chi connectivity index (χ0n) is 8.97. The Bertz CT molecular complexity index is 493. The fraction of sp³-hybridized carbons (Fsp3) is 0.300. The molecule has 1 amide bonds. The van der Waals surface area contributed by atoms with Crippen molar-refractivity contribution in [3.8, 4) is 0 Å². The summed E-state index contributed by atoms with van der Waals surface area (Å²) in [6.45, 7) is 2.45. The Hall–Kier alpha value is -1.40. The summed E-state index contributed by atoms with van der Waals surface area (Å²) in [4.78, 5) is 10.8. The predicted octanol–water partition coefficient (Wildman–Crippen LogP) is 0.757. The summed E-state index contributed by atoms with van der Waals surface area (Å²) in [7, 11) is -3.81. The topological polar surface area (TPSA) is 83.5 Å². The van der Waals surface area contributed by atoms with Crippen molar-refractivity contribution in [1.82, 2.24) is 0 Å². The number of carbonyl (C=O) groups is 1. The van der Waals surface area contributed by atoms with Crippen molar-refractivity contribution >= 4 is 21.4 Å². The highest BCUT2D eigenvalue weighted by Crippen LogP contribution is 2.23. The molecule has 0 aliphatic carbocycles. The van der Waals surface area contributed by atoms with E-state index in [0.29, 0.717) is 0 Å². The maximum Gasteiger partial charge on any atom is 0.221 e. The van der Waals surface area contributed by atoms with Crippen LogP contribution in [0.2, 0.25) is 0 Å². The van der Waals surface area contributed by atoms with Gasteiger partial charge in [-0.3, -0.25) is 4.79 Å². The summed E-state index contributed by atoms with van der Waals surface area (Å²) in [5.74, 6) is -0.367. The molecule has 1 atom stereocenters. The number of hydrogen-bond donors (Lipinski definition) is 2. The van der Waals surface area contributed by atoms with Gasteiger partial charge in [0.2, 0.25) is 15.7 Å². The Kier molecular flexibility index (Phi) is 3.66. The first-order valence-corrected chi connectivity index (χ1v) is 6.19. The highest BCUT2D eigenvalue weighted by Gasteiger charge is 2.24. The molecule has 0 spiro atoms. The minimum Gasteiger partial charge on any atom is -0.377 e.